The van der Waals surface area contributed by atoms with Crippen molar-refractivity contribution in [2.45, 2.75) is 42.7 Å². The molecular formula is C20H25BrClN7O2S. The Kier molecular flexibility index (Phi) is 6.64. The van der Waals surface area contributed by atoms with Crippen LogP contribution in [0.1, 0.15) is 25.7 Å². The molecule has 1 fully saturated rings. The summed E-state index contributed by atoms with van der Waals surface area (Å²) in [5, 5.41) is 11.3. The monoisotopic (exact) mass is 541 g/mol. The number of hydrogen-bond acceptors (Lipinski definition) is 7. The lowest BCUT2D eigenvalue weighted by Gasteiger charge is -2.27. The lowest BCUT2D eigenvalue weighted by molar-refractivity contribution is 0.410. The molecule has 9 nitrogen and oxygen atoms in total. The molecule has 4 rings (SSSR count). The highest BCUT2D eigenvalue weighted by atomic mass is 79.9. The van der Waals surface area contributed by atoms with Crippen molar-refractivity contribution < 1.29 is 8.42 Å². The van der Waals surface area contributed by atoms with Crippen LogP contribution in [0.3, 0.4) is 0 Å². The minimum Gasteiger partial charge on any atom is -0.367 e. The van der Waals surface area contributed by atoms with E-state index in [2.05, 4.69) is 31.7 Å². The highest BCUT2D eigenvalue weighted by Crippen LogP contribution is 2.30. The van der Waals surface area contributed by atoms with Crippen molar-refractivity contribution in [1.29, 1.82) is 0 Å². The second-order valence-corrected chi connectivity index (χ2v) is 11.5. The number of nitrogens with two attached hydrogens (primary N) is 1. The molecule has 172 valence electrons. The van der Waals surface area contributed by atoms with Crippen LogP contribution in [0.2, 0.25) is 5.02 Å². The average molecular weight is 543 g/mol. The summed E-state index contributed by atoms with van der Waals surface area (Å²) in [6.45, 7) is 0. The molecule has 0 radical (unpaired) electrons. The van der Waals surface area contributed by atoms with E-state index >= 15 is 0 Å². The van der Waals surface area contributed by atoms with Crippen molar-refractivity contribution in [3.05, 3.63) is 40.0 Å². The van der Waals surface area contributed by atoms with E-state index in [-0.39, 0.29) is 16.0 Å². The van der Waals surface area contributed by atoms with Crippen LogP contribution >= 0.6 is 27.5 Å². The summed E-state index contributed by atoms with van der Waals surface area (Å²) in [7, 11) is -0.699. The fourth-order valence-corrected chi connectivity index (χ4v) is 5.46. The van der Waals surface area contributed by atoms with Gasteiger partial charge in [0.15, 0.2) is 5.65 Å². The highest BCUT2D eigenvalue weighted by Gasteiger charge is 2.22. The molecule has 2 aromatic heterocycles. The normalized spacial score (nSPS) is 19.4. The summed E-state index contributed by atoms with van der Waals surface area (Å²) in [6, 6.07) is 7.19. The number of nitrogens with zero attached hydrogens (tertiary/aromatic N) is 4. The Morgan fingerprint density at radius 2 is 1.94 bits per heavy atom. The smallest absolute Gasteiger partial charge is 0.244 e. The maximum Gasteiger partial charge on any atom is 0.244 e. The molecular weight excluding hydrogens is 518 g/mol. The molecule has 12 heteroatoms. The summed E-state index contributed by atoms with van der Waals surface area (Å²) in [5.74, 6) is 1.38. The van der Waals surface area contributed by atoms with Gasteiger partial charge in [0.1, 0.15) is 16.5 Å². The predicted octanol–water partition coefficient (Wildman–Crippen LogP) is 3.82. The molecule has 1 saturated carbocycles. The number of sulfonamides is 1. The van der Waals surface area contributed by atoms with E-state index in [4.69, 9.17) is 22.3 Å². The number of nitrogens with one attached hydrogen (secondary N) is 2. The molecule has 0 aliphatic heterocycles. The standard InChI is InChI=1S/C20H25BrClN7O2S/c1-28(2)32(30,31)17-8-7-14(9-16(17)22)26-19-10-18(25-13-5-3-12(23)4-6-13)27-20-15(21)11-24-29(19)20/h7-13,26H,3-6,23H2,1-2H3,(H,25,27). The topological polar surface area (TPSA) is 118 Å². The average Bonchev–Trinajstić information content (AvgIpc) is 3.10. The zero-order chi connectivity index (χ0) is 23.0. The predicted molar refractivity (Wildman–Crippen MR) is 130 cm³/mol. The molecule has 4 N–H and O–H groups in total. The summed E-state index contributed by atoms with van der Waals surface area (Å²) in [4.78, 5) is 4.74. The summed E-state index contributed by atoms with van der Waals surface area (Å²) in [5.41, 5.74) is 7.31. The van der Waals surface area contributed by atoms with Crippen molar-refractivity contribution >= 4 is 60.5 Å². The zero-order valence-corrected chi connectivity index (χ0v) is 20.9. The number of hydrogen-bond donors (Lipinski definition) is 3. The Bertz CT molecular complexity index is 1240. The van der Waals surface area contributed by atoms with Crippen molar-refractivity contribution in [1.82, 2.24) is 18.9 Å². The third kappa shape index (κ3) is 4.72. The van der Waals surface area contributed by atoms with Gasteiger partial charge >= 0.3 is 0 Å². The summed E-state index contributed by atoms with van der Waals surface area (Å²) in [6.07, 6.45) is 5.64. The van der Waals surface area contributed by atoms with Gasteiger partial charge in [0.25, 0.3) is 0 Å². The largest absolute Gasteiger partial charge is 0.367 e. The number of fused-ring (bicyclic) bond motifs is 1. The fraction of sp³-hybridized carbons (Fsp3) is 0.400. The second kappa shape index (κ2) is 9.14. The molecule has 0 bridgehead atoms. The molecule has 0 unspecified atom stereocenters. The van der Waals surface area contributed by atoms with Crippen LogP contribution in [-0.4, -0.2) is 53.5 Å². The SMILES string of the molecule is CN(C)S(=O)(=O)c1ccc(Nc2cc(NC3CCC(N)CC3)nc3c(Br)cnn23)cc1Cl. The van der Waals surface area contributed by atoms with Crippen molar-refractivity contribution in [3.63, 3.8) is 0 Å². The van der Waals surface area contributed by atoms with Crippen LogP contribution in [0.4, 0.5) is 17.3 Å². The first-order valence-electron chi connectivity index (χ1n) is 10.2. The molecule has 1 aliphatic rings. The molecule has 0 saturated heterocycles. The summed E-state index contributed by atoms with van der Waals surface area (Å²) < 4.78 is 28.4. The first kappa shape index (κ1) is 23.2. The molecule has 32 heavy (non-hydrogen) atoms. The molecule has 2 heterocycles. The Morgan fingerprint density at radius 3 is 2.59 bits per heavy atom. The van der Waals surface area contributed by atoms with Crippen LogP contribution in [0.25, 0.3) is 5.65 Å². The first-order valence-corrected chi connectivity index (χ1v) is 12.8. The minimum absolute atomic E-state index is 0.0503. The minimum atomic E-state index is -3.63. The van der Waals surface area contributed by atoms with Crippen LogP contribution in [0.5, 0.6) is 0 Å². The molecule has 0 spiro atoms. The van der Waals surface area contributed by atoms with Gasteiger partial charge in [-0.2, -0.15) is 9.61 Å². The summed E-state index contributed by atoms with van der Waals surface area (Å²) >= 11 is 9.81. The quantitative estimate of drug-likeness (QED) is 0.433. The van der Waals surface area contributed by atoms with E-state index in [0.717, 1.165) is 40.3 Å². The fourth-order valence-electron chi connectivity index (χ4n) is 3.70. The maximum atomic E-state index is 12.4. The van der Waals surface area contributed by atoms with Gasteiger partial charge in [-0.1, -0.05) is 11.6 Å². The van der Waals surface area contributed by atoms with Crippen LogP contribution in [0, 0.1) is 0 Å². The van der Waals surface area contributed by atoms with Gasteiger partial charge < -0.3 is 16.4 Å². The van der Waals surface area contributed by atoms with Gasteiger partial charge in [0, 0.05) is 37.9 Å². The molecule has 0 amide bonds. The van der Waals surface area contributed by atoms with E-state index in [9.17, 15) is 8.42 Å². The van der Waals surface area contributed by atoms with E-state index in [1.807, 2.05) is 6.07 Å². The van der Waals surface area contributed by atoms with Gasteiger partial charge in [-0.25, -0.2) is 17.7 Å². The Morgan fingerprint density at radius 1 is 1.22 bits per heavy atom. The van der Waals surface area contributed by atoms with Gasteiger partial charge in [-0.3, -0.25) is 0 Å². The number of benzene rings is 1. The van der Waals surface area contributed by atoms with Gasteiger partial charge in [-0.15, -0.1) is 0 Å². The number of halogens is 2. The van der Waals surface area contributed by atoms with Crippen LogP contribution in [0.15, 0.2) is 39.8 Å². The van der Waals surface area contributed by atoms with Crippen molar-refractivity contribution in [2.75, 3.05) is 24.7 Å². The van der Waals surface area contributed by atoms with Gasteiger partial charge in [0.2, 0.25) is 10.0 Å². The lowest BCUT2D eigenvalue weighted by Crippen LogP contribution is -2.33. The number of anilines is 3. The van der Waals surface area contributed by atoms with Gasteiger partial charge in [-0.05, 0) is 59.8 Å². The van der Waals surface area contributed by atoms with E-state index in [0.29, 0.717) is 23.2 Å². The van der Waals surface area contributed by atoms with Crippen molar-refractivity contribution in [2.24, 2.45) is 5.73 Å². The Labute approximate surface area is 200 Å². The Hall–Kier alpha value is -1.92. The molecule has 3 aromatic rings. The van der Waals surface area contributed by atoms with E-state index < -0.39 is 10.0 Å². The maximum absolute atomic E-state index is 12.4. The third-order valence-corrected chi connectivity index (χ3v) is 8.37. The zero-order valence-electron chi connectivity index (χ0n) is 17.7. The van der Waals surface area contributed by atoms with E-state index in [1.165, 1.54) is 20.2 Å². The van der Waals surface area contributed by atoms with Crippen LogP contribution in [-0.2, 0) is 10.0 Å². The molecule has 0 atom stereocenters. The van der Waals surface area contributed by atoms with Crippen molar-refractivity contribution in [3.8, 4) is 0 Å². The first-order chi connectivity index (χ1) is 15.1. The third-order valence-electron chi connectivity index (χ3n) is 5.52. The van der Waals surface area contributed by atoms with Gasteiger partial charge in [0.05, 0.1) is 15.7 Å². The second-order valence-electron chi connectivity index (χ2n) is 8.07. The molecule has 1 aliphatic carbocycles. The van der Waals surface area contributed by atoms with E-state index in [1.54, 1.807) is 22.8 Å². The Balaban J connectivity index is 1.64. The number of aromatic nitrogens is 3. The van der Waals surface area contributed by atoms with Crippen LogP contribution < -0.4 is 16.4 Å². The lowest BCUT2D eigenvalue weighted by atomic mass is 9.92. The number of rotatable bonds is 6. The highest BCUT2D eigenvalue weighted by molar-refractivity contribution is 9.10. The molecule has 1 aromatic carbocycles.